The molecule has 0 aromatic heterocycles. The van der Waals surface area contributed by atoms with E-state index >= 15 is 0 Å². The number of halogens is 3. The summed E-state index contributed by atoms with van der Waals surface area (Å²) in [4.78, 5) is 0. The maximum absolute atomic E-state index is 12.7. The van der Waals surface area contributed by atoms with Crippen LogP contribution < -0.4 is 10.6 Å². The largest absolute Gasteiger partial charge is 0.416 e. The van der Waals surface area contributed by atoms with Crippen molar-refractivity contribution in [1.29, 1.82) is 0 Å². The molecule has 0 aliphatic heterocycles. The molecule has 0 unspecified atom stereocenters. The molecule has 2 aromatic carbocycles. The van der Waals surface area contributed by atoms with E-state index in [0.717, 1.165) is 34.5 Å². The fourth-order valence-electron chi connectivity index (χ4n) is 2.43. The zero-order valence-corrected chi connectivity index (χ0v) is 13.8. The van der Waals surface area contributed by atoms with Crippen LogP contribution >= 0.6 is 12.2 Å². The van der Waals surface area contributed by atoms with Crippen molar-refractivity contribution in [2.45, 2.75) is 26.9 Å². The number of hydrogen-bond acceptors (Lipinski definition) is 1. The Morgan fingerprint density at radius 3 is 2.13 bits per heavy atom. The zero-order valence-electron chi connectivity index (χ0n) is 13.0. The molecule has 0 radical (unpaired) electrons. The highest BCUT2D eigenvalue weighted by atomic mass is 32.1. The molecule has 0 heterocycles. The number of thiocarbonyl (C=S) groups is 1. The minimum Gasteiger partial charge on any atom is -0.332 e. The molecule has 122 valence electrons. The van der Waals surface area contributed by atoms with Gasteiger partial charge in [0.15, 0.2) is 5.11 Å². The van der Waals surface area contributed by atoms with Crippen LogP contribution in [0.1, 0.15) is 22.3 Å². The van der Waals surface area contributed by atoms with Gasteiger partial charge in [0.1, 0.15) is 0 Å². The van der Waals surface area contributed by atoms with Crippen molar-refractivity contribution in [3.63, 3.8) is 0 Å². The fourth-order valence-corrected chi connectivity index (χ4v) is 2.65. The first-order valence-electron chi connectivity index (χ1n) is 7.00. The van der Waals surface area contributed by atoms with Gasteiger partial charge in [-0.05, 0) is 62.3 Å². The third-order valence-corrected chi connectivity index (χ3v) is 3.57. The van der Waals surface area contributed by atoms with E-state index in [1.165, 1.54) is 12.1 Å². The SMILES string of the molecule is Cc1cc(C)c(NC(=S)Nc2cccc(C(F)(F)F)c2)c(C)c1. The molecule has 0 saturated heterocycles. The molecule has 6 heteroatoms. The Hall–Kier alpha value is -2.08. The van der Waals surface area contributed by atoms with Crippen LogP contribution in [0.2, 0.25) is 0 Å². The monoisotopic (exact) mass is 338 g/mol. The minimum atomic E-state index is -4.38. The molecule has 23 heavy (non-hydrogen) atoms. The van der Waals surface area contributed by atoms with Crippen molar-refractivity contribution in [3.8, 4) is 0 Å². The maximum Gasteiger partial charge on any atom is 0.416 e. The second kappa shape index (κ2) is 6.58. The molecule has 0 fully saturated rings. The average Bonchev–Trinajstić information content (AvgIpc) is 2.42. The van der Waals surface area contributed by atoms with Crippen molar-refractivity contribution in [2.75, 3.05) is 10.6 Å². The summed E-state index contributed by atoms with van der Waals surface area (Å²) in [7, 11) is 0. The first-order chi connectivity index (χ1) is 10.7. The molecular weight excluding hydrogens is 321 g/mol. The van der Waals surface area contributed by atoms with Crippen molar-refractivity contribution >= 4 is 28.7 Å². The van der Waals surface area contributed by atoms with Crippen molar-refractivity contribution < 1.29 is 13.2 Å². The molecule has 0 aliphatic carbocycles. The van der Waals surface area contributed by atoms with Gasteiger partial charge >= 0.3 is 6.18 Å². The van der Waals surface area contributed by atoms with Crippen LogP contribution in [0.4, 0.5) is 24.5 Å². The van der Waals surface area contributed by atoms with Crippen LogP contribution in [0.5, 0.6) is 0 Å². The molecule has 0 spiro atoms. The van der Waals surface area contributed by atoms with Crippen molar-refractivity contribution in [1.82, 2.24) is 0 Å². The first kappa shape index (κ1) is 17.3. The van der Waals surface area contributed by atoms with E-state index in [4.69, 9.17) is 12.2 Å². The predicted molar refractivity (Wildman–Crippen MR) is 91.9 cm³/mol. The Labute approximate surface area is 138 Å². The molecule has 0 amide bonds. The van der Waals surface area contributed by atoms with E-state index in [-0.39, 0.29) is 5.11 Å². The molecule has 2 aromatic rings. The zero-order chi connectivity index (χ0) is 17.2. The number of nitrogens with one attached hydrogen (secondary N) is 2. The second-order valence-electron chi connectivity index (χ2n) is 5.43. The molecule has 0 saturated carbocycles. The van der Waals surface area contributed by atoms with Crippen molar-refractivity contribution in [2.24, 2.45) is 0 Å². The molecule has 0 bridgehead atoms. The lowest BCUT2D eigenvalue weighted by Crippen LogP contribution is -2.20. The topological polar surface area (TPSA) is 24.1 Å². The maximum atomic E-state index is 12.7. The van der Waals surface area contributed by atoms with Crippen LogP contribution in [0.3, 0.4) is 0 Å². The molecular formula is C17H17F3N2S. The summed E-state index contributed by atoms with van der Waals surface area (Å²) < 4.78 is 38.2. The molecule has 2 rings (SSSR count). The van der Waals surface area contributed by atoms with E-state index in [1.54, 1.807) is 0 Å². The smallest absolute Gasteiger partial charge is 0.332 e. The van der Waals surface area contributed by atoms with E-state index in [0.29, 0.717) is 5.69 Å². The molecule has 0 atom stereocenters. The molecule has 0 aliphatic rings. The lowest BCUT2D eigenvalue weighted by Gasteiger charge is -2.16. The Morgan fingerprint density at radius 1 is 0.957 bits per heavy atom. The fraction of sp³-hybridized carbons (Fsp3) is 0.235. The second-order valence-corrected chi connectivity index (χ2v) is 5.84. The number of anilines is 2. The summed E-state index contributed by atoms with van der Waals surface area (Å²) in [6.07, 6.45) is -4.38. The number of benzene rings is 2. The van der Waals surface area contributed by atoms with Crippen LogP contribution in [0.15, 0.2) is 36.4 Å². The Morgan fingerprint density at radius 2 is 1.57 bits per heavy atom. The Balaban J connectivity index is 2.15. The third-order valence-electron chi connectivity index (χ3n) is 3.36. The van der Waals surface area contributed by atoms with Crippen LogP contribution in [-0.2, 0) is 6.18 Å². The van der Waals surface area contributed by atoms with Crippen LogP contribution in [0, 0.1) is 20.8 Å². The van der Waals surface area contributed by atoms with Gasteiger partial charge in [0.2, 0.25) is 0 Å². The summed E-state index contributed by atoms with van der Waals surface area (Å²) in [5.41, 5.74) is 3.63. The number of alkyl halides is 3. The summed E-state index contributed by atoms with van der Waals surface area (Å²) in [6, 6.07) is 8.97. The van der Waals surface area contributed by atoms with Gasteiger partial charge < -0.3 is 10.6 Å². The van der Waals surface area contributed by atoms with Crippen LogP contribution in [0.25, 0.3) is 0 Å². The summed E-state index contributed by atoms with van der Waals surface area (Å²) >= 11 is 5.20. The predicted octanol–water partition coefficient (Wildman–Crippen LogP) is 5.44. The first-order valence-corrected chi connectivity index (χ1v) is 7.41. The lowest BCUT2D eigenvalue weighted by molar-refractivity contribution is -0.137. The normalized spacial score (nSPS) is 11.2. The van der Waals surface area contributed by atoms with Gasteiger partial charge in [-0.1, -0.05) is 23.8 Å². The van der Waals surface area contributed by atoms with Gasteiger partial charge in [-0.2, -0.15) is 13.2 Å². The van der Waals surface area contributed by atoms with Gasteiger partial charge in [0, 0.05) is 11.4 Å². The van der Waals surface area contributed by atoms with Gasteiger partial charge in [-0.15, -0.1) is 0 Å². The quantitative estimate of drug-likeness (QED) is 0.713. The lowest BCUT2D eigenvalue weighted by atomic mass is 10.1. The summed E-state index contributed by atoms with van der Waals surface area (Å²) in [5, 5.41) is 6.09. The minimum absolute atomic E-state index is 0.249. The van der Waals surface area contributed by atoms with Gasteiger partial charge in [-0.25, -0.2) is 0 Å². The highest BCUT2D eigenvalue weighted by Crippen LogP contribution is 2.30. The van der Waals surface area contributed by atoms with Gasteiger partial charge in [0.05, 0.1) is 5.56 Å². The Bertz CT molecular complexity index is 716. The number of rotatable bonds is 2. The molecule has 2 nitrogen and oxygen atoms in total. The van der Waals surface area contributed by atoms with Gasteiger partial charge in [0.25, 0.3) is 0 Å². The summed E-state index contributed by atoms with van der Waals surface area (Å²) in [5.74, 6) is 0. The summed E-state index contributed by atoms with van der Waals surface area (Å²) in [6.45, 7) is 5.91. The number of aryl methyl sites for hydroxylation is 3. The average molecular weight is 338 g/mol. The molecule has 2 N–H and O–H groups in total. The van der Waals surface area contributed by atoms with E-state index in [9.17, 15) is 13.2 Å². The van der Waals surface area contributed by atoms with Crippen LogP contribution in [-0.4, -0.2) is 5.11 Å². The highest BCUT2D eigenvalue weighted by Gasteiger charge is 2.30. The number of hydrogen-bond donors (Lipinski definition) is 2. The van der Waals surface area contributed by atoms with Gasteiger partial charge in [-0.3, -0.25) is 0 Å². The standard InChI is InChI=1S/C17H17F3N2S/c1-10-7-11(2)15(12(3)8-10)22-16(23)21-14-6-4-5-13(9-14)17(18,19)20/h4-9H,1-3H3,(H2,21,22,23). The van der Waals surface area contributed by atoms with E-state index in [2.05, 4.69) is 10.6 Å². The highest BCUT2D eigenvalue weighted by molar-refractivity contribution is 7.80. The Kier molecular flexibility index (Phi) is 4.94. The third kappa shape index (κ3) is 4.45. The van der Waals surface area contributed by atoms with E-state index in [1.807, 2.05) is 32.9 Å². The van der Waals surface area contributed by atoms with E-state index < -0.39 is 11.7 Å². The van der Waals surface area contributed by atoms with Crippen molar-refractivity contribution in [3.05, 3.63) is 58.7 Å².